The molecule has 4 rings (SSSR count). The predicted octanol–water partition coefficient (Wildman–Crippen LogP) is 5.47. The number of halogens is 1. The van der Waals surface area contributed by atoms with E-state index in [1.165, 1.54) is 0 Å². The number of aromatic nitrogens is 3. The number of ether oxygens (including phenoxy) is 1. The predicted molar refractivity (Wildman–Crippen MR) is 122 cm³/mol. The number of aryl methyl sites for hydroxylation is 1. The van der Waals surface area contributed by atoms with E-state index in [9.17, 15) is 4.79 Å². The fourth-order valence-electron chi connectivity index (χ4n) is 3.16. The normalized spacial score (nSPS) is 10.7. The van der Waals surface area contributed by atoms with Crippen LogP contribution >= 0.6 is 11.6 Å². The van der Waals surface area contributed by atoms with Gasteiger partial charge < -0.3 is 10.1 Å². The van der Waals surface area contributed by atoms with E-state index in [2.05, 4.69) is 15.4 Å². The molecule has 3 aromatic carbocycles. The molecule has 0 radical (unpaired) electrons. The van der Waals surface area contributed by atoms with Gasteiger partial charge in [0.25, 0.3) is 5.91 Å². The number of methoxy groups -OCH3 is 1. The number of hydrogen-bond donors (Lipinski definition) is 1. The SMILES string of the molecule is COc1ccc(-c2nc(C(=O)Nc3cccc(C)c3C)nn2-c2ccc(Cl)cc2)cc1. The van der Waals surface area contributed by atoms with E-state index in [1.807, 2.05) is 68.4 Å². The first-order chi connectivity index (χ1) is 15.0. The second kappa shape index (κ2) is 8.62. The van der Waals surface area contributed by atoms with Crippen LogP contribution in [-0.4, -0.2) is 27.8 Å². The Kier molecular flexibility index (Phi) is 5.73. The highest BCUT2D eigenvalue weighted by Gasteiger charge is 2.20. The molecule has 1 aromatic heterocycles. The van der Waals surface area contributed by atoms with Crippen LogP contribution in [0.5, 0.6) is 5.75 Å². The second-order valence-corrected chi connectivity index (χ2v) is 7.51. The number of nitrogens with one attached hydrogen (secondary N) is 1. The number of benzene rings is 3. The fourth-order valence-corrected chi connectivity index (χ4v) is 3.29. The van der Waals surface area contributed by atoms with E-state index < -0.39 is 0 Å². The molecule has 0 atom stereocenters. The van der Waals surface area contributed by atoms with E-state index >= 15 is 0 Å². The van der Waals surface area contributed by atoms with Gasteiger partial charge in [-0.3, -0.25) is 4.79 Å². The number of carbonyl (C=O) groups excluding carboxylic acids is 1. The van der Waals surface area contributed by atoms with Gasteiger partial charge in [0.2, 0.25) is 5.82 Å². The van der Waals surface area contributed by atoms with Crippen molar-refractivity contribution in [1.29, 1.82) is 0 Å². The summed E-state index contributed by atoms with van der Waals surface area (Å²) in [5, 5.41) is 8.03. The number of hydrogen-bond acceptors (Lipinski definition) is 4. The van der Waals surface area contributed by atoms with Crippen LogP contribution in [0.15, 0.2) is 66.7 Å². The van der Waals surface area contributed by atoms with Gasteiger partial charge >= 0.3 is 0 Å². The molecule has 0 unspecified atom stereocenters. The molecule has 7 heteroatoms. The third-order valence-corrected chi connectivity index (χ3v) is 5.33. The molecule has 0 spiro atoms. The number of amides is 1. The molecule has 1 heterocycles. The number of nitrogens with zero attached hydrogens (tertiary/aromatic N) is 3. The maximum atomic E-state index is 13.0. The van der Waals surface area contributed by atoms with Crippen LogP contribution in [0, 0.1) is 13.8 Å². The smallest absolute Gasteiger partial charge is 0.295 e. The molecule has 1 amide bonds. The monoisotopic (exact) mass is 432 g/mol. The van der Waals surface area contributed by atoms with Crippen molar-refractivity contribution in [2.75, 3.05) is 12.4 Å². The maximum absolute atomic E-state index is 13.0. The van der Waals surface area contributed by atoms with Crippen LogP contribution in [0.2, 0.25) is 5.02 Å². The van der Waals surface area contributed by atoms with Gasteiger partial charge in [0, 0.05) is 16.3 Å². The van der Waals surface area contributed by atoms with Crippen molar-refractivity contribution in [2.45, 2.75) is 13.8 Å². The van der Waals surface area contributed by atoms with E-state index in [1.54, 1.807) is 23.9 Å². The zero-order valence-corrected chi connectivity index (χ0v) is 18.1. The van der Waals surface area contributed by atoms with Crippen molar-refractivity contribution in [3.8, 4) is 22.8 Å². The van der Waals surface area contributed by atoms with Crippen molar-refractivity contribution in [1.82, 2.24) is 14.8 Å². The number of carbonyl (C=O) groups is 1. The zero-order valence-electron chi connectivity index (χ0n) is 17.4. The highest BCUT2D eigenvalue weighted by atomic mass is 35.5. The Morgan fingerprint density at radius 3 is 2.39 bits per heavy atom. The zero-order chi connectivity index (χ0) is 22.0. The van der Waals surface area contributed by atoms with E-state index in [0.717, 1.165) is 33.8 Å². The Morgan fingerprint density at radius 1 is 1.00 bits per heavy atom. The van der Waals surface area contributed by atoms with Crippen LogP contribution < -0.4 is 10.1 Å². The van der Waals surface area contributed by atoms with E-state index in [0.29, 0.717) is 10.8 Å². The van der Waals surface area contributed by atoms with Crippen LogP contribution in [0.3, 0.4) is 0 Å². The molecule has 6 nitrogen and oxygen atoms in total. The molecule has 0 aliphatic carbocycles. The first-order valence-corrected chi connectivity index (χ1v) is 10.1. The number of rotatable bonds is 5. The second-order valence-electron chi connectivity index (χ2n) is 7.08. The topological polar surface area (TPSA) is 69.0 Å². The summed E-state index contributed by atoms with van der Waals surface area (Å²) >= 11 is 6.04. The summed E-state index contributed by atoms with van der Waals surface area (Å²) in [5.74, 6) is 0.961. The maximum Gasteiger partial charge on any atom is 0.295 e. The number of anilines is 1. The lowest BCUT2D eigenvalue weighted by atomic mass is 10.1. The van der Waals surface area contributed by atoms with E-state index in [-0.39, 0.29) is 11.7 Å². The highest BCUT2D eigenvalue weighted by molar-refractivity contribution is 6.30. The van der Waals surface area contributed by atoms with Crippen molar-refractivity contribution >= 4 is 23.2 Å². The average molecular weight is 433 g/mol. The Bertz CT molecular complexity index is 1230. The van der Waals surface area contributed by atoms with Gasteiger partial charge in [-0.15, -0.1) is 5.10 Å². The first kappa shape index (κ1) is 20.6. The minimum absolute atomic E-state index is 0.0710. The standard InChI is InChI=1S/C24H21ClN4O2/c1-15-5-4-6-21(16(15)2)26-24(30)22-27-23(17-7-13-20(31-3)14-8-17)29(28-22)19-11-9-18(25)10-12-19/h4-14H,1-3H3,(H,26,30). The van der Waals surface area contributed by atoms with Crippen LogP contribution in [0.1, 0.15) is 21.7 Å². The molecule has 0 bridgehead atoms. The van der Waals surface area contributed by atoms with Crippen molar-refractivity contribution in [3.05, 3.63) is 88.7 Å². The Morgan fingerprint density at radius 2 is 1.71 bits per heavy atom. The molecule has 0 saturated carbocycles. The van der Waals surface area contributed by atoms with Crippen molar-refractivity contribution < 1.29 is 9.53 Å². The molecular formula is C24H21ClN4O2. The lowest BCUT2D eigenvalue weighted by molar-refractivity contribution is 0.101. The third kappa shape index (κ3) is 4.29. The van der Waals surface area contributed by atoms with Gasteiger partial charge in [0.15, 0.2) is 5.82 Å². The minimum atomic E-state index is -0.379. The average Bonchev–Trinajstić information content (AvgIpc) is 3.23. The van der Waals surface area contributed by atoms with Crippen LogP contribution in [0.4, 0.5) is 5.69 Å². The Labute approximate surface area is 185 Å². The molecule has 0 aliphatic rings. The largest absolute Gasteiger partial charge is 0.497 e. The molecule has 156 valence electrons. The summed E-state index contributed by atoms with van der Waals surface area (Å²) < 4.78 is 6.88. The van der Waals surface area contributed by atoms with Crippen molar-refractivity contribution in [2.24, 2.45) is 0 Å². The van der Waals surface area contributed by atoms with Gasteiger partial charge in [-0.25, -0.2) is 9.67 Å². The highest BCUT2D eigenvalue weighted by Crippen LogP contribution is 2.25. The molecule has 4 aromatic rings. The fraction of sp³-hybridized carbons (Fsp3) is 0.125. The summed E-state index contributed by atoms with van der Waals surface area (Å²) in [7, 11) is 1.61. The first-order valence-electron chi connectivity index (χ1n) is 9.71. The summed E-state index contributed by atoms with van der Waals surface area (Å²) in [5.41, 5.74) is 4.38. The summed E-state index contributed by atoms with van der Waals surface area (Å²) in [6, 6.07) is 20.4. The minimum Gasteiger partial charge on any atom is -0.497 e. The summed E-state index contributed by atoms with van der Waals surface area (Å²) in [6.45, 7) is 3.97. The van der Waals surface area contributed by atoms with Gasteiger partial charge in [-0.05, 0) is 79.6 Å². The van der Waals surface area contributed by atoms with Crippen molar-refractivity contribution in [3.63, 3.8) is 0 Å². The van der Waals surface area contributed by atoms with Crippen LogP contribution in [0.25, 0.3) is 17.1 Å². The summed E-state index contributed by atoms with van der Waals surface area (Å²) in [4.78, 5) is 17.5. The van der Waals surface area contributed by atoms with Crippen LogP contribution in [-0.2, 0) is 0 Å². The lowest BCUT2D eigenvalue weighted by Crippen LogP contribution is -2.15. The Balaban J connectivity index is 1.75. The molecule has 1 N–H and O–H groups in total. The molecule has 0 aliphatic heterocycles. The van der Waals surface area contributed by atoms with Gasteiger partial charge in [0.1, 0.15) is 5.75 Å². The van der Waals surface area contributed by atoms with Gasteiger partial charge in [-0.1, -0.05) is 23.7 Å². The molecule has 31 heavy (non-hydrogen) atoms. The van der Waals surface area contributed by atoms with Gasteiger partial charge in [-0.2, -0.15) is 0 Å². The lowest BCUT2D eigenvalue weighted by Gasteiger charge is -2.08. The molecular weight excluding hydrogens is 412 g/mol. The quantitative estimate of drug-likeness (QED) is 0.454. The molecule has 0 saturated heterocycles. The van der Waals surface area contributed by atoms with E-state index in [4.69, 9.17) is 16.3 Å². The molecule has 0 fully saturated rings. The summed E-state index contributed by atoms with van der Waals surface area (Å²) in [6.07, 6.45) is 0. The third-order valence-electron chi connectivity index (χ3n) is 5.08. The Hall–Kier alpha value is -3.64. The van der Waals surface area contributed by atoms with Gasteiger partial charge in [0.05, 0.1) is 12.8 Å².